The van der Waals surface area contributed by atoms with E-state index in [2.05, 4.69) is 46.5 Å². The number of aromatic nitrogens is 2. The lowest BCUT2D eigenvalue weighted by Crippen LogP contribution is -2.06. The number of hydrogen-bond donors (Lipinski definition) is 2. The molecule has 0 unspecified atom stereocenters. The molecule has 1 heterocycles. The van der Waals surface area contributed by atoms with Gasteiger partial charge in [0.2, 0.25) is 0 Å². The summed E-state index contributed by atoms with van der Waals surface area (Å²) >= 11 is 0. The van der Waals surface area contributed by atoms with Crippen LogP contribution in [-0.4, -0.2) is 17.0 Å². The summed E-state index contributed by atoms with van der Waals surface area (Å²) in [6.45, 7) is 2.97. The van der Waals surface area contributed by atoms with Gasteiger partial charge in [-0.15, -0.1) is 0 Å². The third kappa shape index (κ3) is 2.14. The Labute approximate surface area is 95.9 Å². The average Bonchev–Trinajstić information content (AvgIpc) is 2.78. The number of nitrogens with one attached hydrogen (secondary N) is 2. The van der Waals surface area contributed by atoms with Crippen molar-refractivity contribution in [3.8, 4) is 11.3 Å². The maximum atomic E-state index is 4.36. The molecule has 16 heavy (non-hydrogen) atoms. The van der Waals surface area contributed by atoms with Crippen LogP contribution < -0.4 is 5.32 Å². The van der Waals surface area contributed by atoms with Crippen molar-refractivity contribution in [2.75, 3.05) is 7.05 Å². The van der Waals surface area contributed by atoms with Gasteiger partial charge in [0.1, 0.15) is 0 Å². The van der Waals surface area contributed by atoms with E-state index in [4.69, 9.17) is 0 Å². The van der Waals surface area contributed by atoms with Crippen molar-refractivity contribution in [1.82, 2.24) is 15.3 Å². The van der Waals surface area contributed by atoms with Crippen LogP contribution in [0.1, 0.15) is 18.2 Å². The first-order valence-corrected chi connectivity index (χ1v) is 5.61. The lowest BCUT2D eigenvalue weighted by Gasteiger charge is -2.03. The minimum atomic E-state index is 0.810. The maximum absolute atomic E-state index is 4.36. The predicted molar refractivity (Wildman–Crippen MR) is 66.2 cm³/mol. The van der Waals surface area contributed by atoms with E-state index >= 15 is 0 Å². The zero-order valence-electron chi connectivity index (χ0n) is 9.75. The summed E-state index contributed by atoms with van der Waals surface area (Å²) in [5.41, 5.74) is 4.70. The molecule has 0 amide bonds. The van der Waals surface area contributed by atoms with Gasteiger partial charge in [0, 0.05) is 12.1 Å². The van der Waals surface area contributed by atoms with E-state index in [1.165, 1.54) is 11.1 Å². The molecule has 0 aliphatic rings. The fraction of sp³-hybridized carbons (Fsp3) is 0.308. The molecule has 2 N–H and O–H groups in total. The van der Waals surface area contributed by atoms with Gasteiger partial charge in [-0.2, -0.15) is 0 Å². The van der Waals surface area contributed by atoms with Crippen molar-refractivity contribution in [2.24, 2.45) is 0 Å². The Hall–Kier alpha value is -1.61. The second kappa shape index (κ2) is 4.94. The Morgan fingerprint density at radius 3 is 2.62 bits per heavy atom. The molecule has 0 fully saturated rings. The summed E-state index contributed by atoms with van der Waals surface area (Å²) in [5.74, 6) is 0. The molecule has 2 rings (SSSR count). The highest BCUT2D eigenvalue weighted by molar-refractivity contribution is 5.62. The van der Waals surface area contributed by atoms with Crippen LogP contribution in [0.5, 0.6) is 0 Å². The molecule has 0 spiro atoms. The zero-order chi connectivity index (χ0) is 11.4. The van der Waals surface area contributed by atoms with E-state index < -0.39 is 0 Å². The quantitative estimate of drug-likeness (QED) is 0.822. The maximum Gasteiger partial charge on any atom is 0.0929 e. The second-order valence-corrected chi connectivity index (χ2v) is 3.81. The molecule has 0 saturated heterocycles. The molecule has 0 radical (unpaired) electrons. The Balaban J connectivity index is 2.31. The van der Waals surface area contributed by atoms with E-state index in [1.54, 1.807) is 6.33 Å². The van der Waals surface area contributed by atoms with Gasteiger partial charge in [0.25, 0.3) is 0 Å². The van der Waals surface area contributed by atoms with Crippen LogP contribution in [0.3, 0.4) is 0 Å². The van der Waals surface area contributed by atoms with Crippen molar-refractivity contribution in [3.05, 3.63) is 41.9 Å². The highest BCUT2D eigenvalue weighted by atomic mass is 14.9. The normalized spacial score (nSPS) is 10.6. The summed E-state index contributed by atoms with van der Waals surface area (Å²) in [6, 6.07) is 8.59. The standard InChI is InChI=1S/C13H17N3/c1-3-10-4-6-11(7-5-10)13-12(8-14-2)15-9-16-13/h4-7,9,14H,3,8H2,1-2H3,(H,15,16). The average molecular weight is 215 g/mol. The minimum Gasteiger partial charge on any atom is -0.347 e. The van der Waals surface area contributed by atoms with Crippen molar-refractivity contribution >= 4 is 0 Å². The first-order valence-electron chi connectivity index (χ1n) is 5.61. The Bertz CT molecular complexity index is 442. The number of rotatable bonds is 4. The van der Waals surface area contributed by atoms with Gasteiger partial charge in [0.05, 0.1) is 17.7 Å². The van der Waals surface area contributed by atoms with Crippen LogP contribution in [-0.2, 0) is 13.0 Å². The smallest absolute Gasteiger partial charge is 0.0929 e. The molecule has 3 nitrogen and oxygen atoms in total. The van der Waals surface area contributed by atoms with E-state index in [1.807, 2.05) is 7.05 Å². The minimum absolute atomic E-state index is 0.810. The third-order valence-corrected chi connectivity index (χ3v) is 2.71. The largest absolute Gasteiger partial charge is 0.347 e. The first-order chi connectivity index (χ1) is 7.85. The number of H-pyrrole nitrogens is 1. The molecule has 0 atom stereocenters. The second-order valence-electron chi connectivity index (χ2n) is 3.81. The molecule has 0 aliphatic carbocycles. The summed E-state index contributed by atoms with van der Waals surface area (Å²) < 4.78 is 0. The third-order valence-electron chi connectivity index (χ3n) is 2.71. The van der Waals surface area contributed by atoms with Gasteiger partial charge >= 0.3 is 0 Å². The zero-order valence-corrected chi connectivity index (χ0v) is 9.75. The first kappa shape index (κ1) is 10.9. The lowest BCUT2D eigenvalue weighted by atomic mass is 10.1. The van der Waals surface area contributed by atoms with Crippen LogP contribution in [0.25, 0.3) is 11.3 Å². The van der Waals surface area contributed by atoms with Crippen molar-refractivity contribution in [1.29, 1.82) is 0 Å². The number of benzene rings is 1. The van der Waals surface area contributed by atoms with Gasteiger partial charge in [-0.3, -0.25) is 0 Å². The number of imidazole rings is 1. The van der Waals surface area contributed by atoms with Gasteiger partial charge in [-0.05, 0) is 19.0 Å². The van der Waals surface area contributed by atoms with Crippen molar-refractivity contribution in [3.63, 3.8) is 0 Å². The van der Waals surface area contributed by atoms with E-state index in [0.717, 1.165) is 24.4 Å². The summed E-state index contributed by atoms with van der Waals surface area (Å²) in [5, 5.41) is 3.13. The highest BCUT2D eigenvalue weighted by Crippen LogP contribution is 2.20. The Morgan fingerprint density at radius 2 is 2.00 bits per heavy atom. The molecule has 0 bridgehead atoms. The molecule has 1 aromatic heterocycles. The summed E-state index contributed by atoms with van der Waals surface area (Å²) in [6.07, 6.45) is 2.82. The van der Waals surface area contributed by atoms with Crippen LogP contribution in [0, 0.1) is 0 Å². The molecular formula is C13H17N3. The summed E-state index contributed by atoms with van der Waals surface area (Å²) in [7, 11) is 1.94. The monoisotopic (exact) mass is 215 g/mol. The van der Waals surface area contributed by atoms with Gasteiger partial charge in [0.15, 0.2) is 0 Å². The molecule has 0 saturated carbocycles. The van der Waals surface area contributed by atoms with Crippen molar-refractivity contribution in [2.45, 2.75) is 19.9 Å². The van der Waals surface area contributed by atoms with E-state index in [-0.39, 0.29) is 0 Å². The summed E-state index contributed by atoms with van der Waals surface area (Å²) in [4.78, 5) is 7.53. The SMILES string of the molecule is CCc1ccc(-c2nc[nH]c2CNC)cc1. The van der Waals surface area contributed by atoms with E-state index in [0.29, 0.717) is 0 Å². The van der Waals surface area contributed by atoms with Gasteiger partial charge in [-0.25, -0.2) is 4.98 Å². The number of hydrogen-bond acceptors (Lipinski definition) is 2. The molecule has 0 aliphatic heterocycles. The van der Waals surface area contributed by atoms with E-state index in [9.17, 15) is 0 Å². The fourth-order valence-electron chi connectivity index (χ4n) is 1.78. The molecule has 2 aromatic rings. The van der Waals surface area contributed by atoms with Crippen LogP contribution in [0.2, 0.25) is 0 Å². The lowest BCUT2D eigenvalue weighted by molar-refractivity contribution is 0.798. The molecular weight excluding hydrogens is 198 g/mol. The van der Waals surface area contributed by atoms with Crippen LogP contribution in [0.4, 0.5) is 0 Å². The van der Waals surface area contributed by atoms with Crippen LogP contribution >= 0.6 is 0 Å². The highest BCUT2D eigenvalue weighted by Gasteiger charge is 2.06. The predicted octanol–water partition coefficient (Wildman–Crippen LogP) is 2.36. The van der Waals surface area contributed by atoms with Gasteiger partial charge < -0.3 is 10.3 Å². The topological polar surface area (TPSA) is 40.7 Å². The number of aromatic amines is 1. The van der Waals surface area contributed by atoms with Crippen molar-refractivity contribution < 1.29 is 0 Å². The Morgan fingerprint density at radius 1 is 1.25 bits per heavy atom. The van der Waals surface area contributed by atoms with Gasteiger partial charge in [-0.1, -0.05) is 31.2 Å². The number of nitrogens with zero attached hydrogens (tertiary/aromatic N) is 1. The molecule has 1 aromatic carbocycles. The number of aryl methyl sites for hydroxylation is 1. The Kier molecular flexibility index (Phi) is 3.37. The fourth-order valence-corrected chi connectivity index (χ4v) is 1.78. The van der Waals surface area contributed by atoms with Crippen LogP contribution in [0.15, 0.2) is 30.6 Å². The molecule has 84 valence electrons. The molecule has 3 heteroatoms.